The third-order valence-corrected chi connectivity index (χ3v) is 5.31. The van der Waals surface area contributed by atoms with Gasteiger partial charge in [-0.1, -0.05) is 17.7 Å². The van der Waals surface area contributed by atoms with Crippen LogP contribution in [0.5, 0.6) is 0 Å². The van der Waals surface area contributed by atoms with Gasteiger partial charge in [0, 0.05) is 36.2 Å². The first-order valence-electron chi connectivity index (χ1n) is 9.50. The summed E-state index contributed by atoms with van der Waals surface area (Å²) in [6.45, 7) is 2.05. The van der Waals surface area contributed by atoms with Crippen molar-refractivity contribution in [3.05, 3.63) is 58.0 Å². The summed E-state index contributed by atoms with van der Waals surface area (Å²) in [5.41, 5.74) is 2.20. The molecule has 3 aromatic rings. The predicted octanol–water partition coefficient (Wildman–Crippen LogP) is 3.27. The quantitative estimate of drug-likeness (QED) is 0.707. The van der Waals surface area contributed by atoms with Gasteiger partial charge >= 0.3 is 5.69 Å². The van der Waals surface area contributed by atoms with Crippen LogP contribution in [0.4, 0.5) is 11.5 Å². The molecule has 0 bridgehead atoms. The molecule has 0 saturated carbocycles. The topological polar surface area (TPSA) is 62.2 Å². The van der Waals surface area contributed by atoms with Crippen LogP contribution in [0, 0.1) is 0 Å². The summed E-state index contributed by atoms with van der Waals surface area (Å²) in [5.74, 6) is 0.636. The summed E-state index contributed by atoms with van der Waals surface area (Å²) in [6, 6.07) is 13.9. The van der Waals surface area contributed by atoms with Crippen LogP contribution in [-0.4, -0.2) is 42.8 Å². The summed E-state index contributed by atoms with van der Waals surface area (Å²) in [5, 5.41) is 8.43. The second-order valence-corrected chi connectivity index (χ2v) is 7.76. The number of hydrogen-bond acceptors (Lipinski definition) is 5. The van der Waals surface area contributed by atoms with E-state index in [1.54, 1.807) is 4.57 Å². The van der Waals surface area contributed by atoms with Crippen molar-refractivity contribution in [3.8, 4) is 5.69 Å². The molecule has 1 fully saturated rings. The van der Waals surface area contributed by atoms with Gasteiger partial charge in [0.1, 0.15) is 5.82 Å². The second kappa shape index (κ2) is 7.81. The van der Waals surface area contributed by atoms with E-state index in [9.17, 15) is 4.79 Å². The Morgan fingerprint density at radius 2 is 1.96 bits per heavy atom. The molecule has 6 nitrogen and oxygen atoms in total. The van der Waals surface area contributed by atoms with E-state index in [-0.39, 0.29) is 5.69 Å². The van der Waals surface area contributed by atoms with Crippen molar-refractivity contribution in [3.63, 3.8) is 0 Å². The molecule has 146 valence electrons. The highest BCUT2D eigenvalue weighted by Gasteiger charge is 2.16. The van der Waals surface area contributed by atoms with E-state index < -0.39 is 0 Å². The largest absolute Gasteiger partial charge is 0.382 e. The lowest BCUT2D eigenvalue weighted by Gasteiger charge is -2.25. The summed E-state index contributed by atoms with van der Waals surface area (Å²) in [6.07, 6.45) is 2.17. The Morgan fingerprint density at radius 3 is 2.71 bits per heavy atom. The lowest BCUT2D eigenvalue weighted by Crippen LogP contribution is -2.35. The number of nitrogens with one attached hydrogen (secondary N) is 2. The van der Waals surface area contributed by atoms with Gasteiger partial charge in [0.2, 0.25) is 0 Å². The third-order valence-electron chi connectivity index (χ3n) is 5.07. The summed E-state index contributed by atoms with van der Waals surface area (Å²) in [4.78, 5) is 19.1. The maximum absolute atomic E-state index is 12.9. The molecular weight excluding hydrogens is 374 g/mol. The van der Waals surface area contributed by atoms with Crippen LogP contribution in [0.3, 0.4) is 0 Å². The Hall–Kier alpha value is -2.57. The highest BCUT2D eigenvalue weighted by Crippen LogP contribution is 2.27. The molecule has 2 N–H and O–H groups in total. The molecule has 1 aliphatic rings. The Morgan fingerprint density at radius 1 is 1.18 bits per heavy atom. The van der Waals surface area contributed by atoms with Gasteiger partial charge in [0.15, 0.2) is 0 Å². The van der Waals surface area contributed by atoms with Gasteiger partial charge in [-0.15, -0.1) is 0 Å². The number of rotatable bonds is 4. The second-order valence-electron chi connectivity index (χ2n) is 7.33. The van der Waals surface area contributed by atoms with Crippen molar-refractivity contribution in [1.82, 2.24) is 14.9 Å². The predicted molar refractivity (Wildman–Crippen MR) is 116 cm³/mol. The first-order chi connectivity index (χ1) is 13.5. The molecule has 1 aromatic heterocycles. The van der Waals surface area contributed by atoms with E-state index in [1.807, 2.05) is 61.5 Å². The summed E-state index contributed by atoms with van der Waals surface area (Å²) < 4.78 is 1.63. The van der Waals surface area contributed by atoms with Gasteiger partial charge < -0.3 is 15.5 Å². The van der Waals surface area contributed by atoms with E-state index in [0.29, 0.717) is 16.9 Å². The first kappa shape index (κ1) is 18.8. The Kier molecular flexibility index (Phi) is 5.24. The van der Waals surface area contributed by atoms with Crippen LogP contribution in [0.2, 0.25) is 5.02 Å². The molecule has 0 aliphatic carbocycles. The molecular formula is C21H24ClN5O. The van der Waals surface area contributed by atoms with E-state index in [2.05, 4.69) is 15.6 Å². The number of fused-ring (bicyclic) bond motifs is 1. The summed E-state index contributed by atoms with van der Waals surface area (Å²) >= 11 is 6.25. The molecule has 0 atom stereocenters. The average molecular weight is 398 g/mol. The Bertz CT molecular complexity index is 1060. The minimum absolute atomic E-state index is 0.322. The highest BCUT2D eigenvalue weighted by molar-refractivity contribution is 6.31. The monoisotopic (exact) mass is 397 g/mol. The molecule has 0 amide bonds. The van der Waals surface area contributed by atoms with Crippen molar-refractivity contribution in [2.75, 3.05) is 37.4 Å². The third kappa shape index (κ3) is 3.70. The van der Waals surface area contributed by atoms with Crippen molar-refractivity contribution in [2.24, 2.45) is 0 Å². The fourth-order valence-electron chi connectivity index (χ4n) is 3.71. The van der Waals surface area contributed by atoms with Crippen LogP contribution < -0.4 is 21.2 Å². The van der Waals surface area contributed by atoms with Crippen LogP contribution in [0.15, 0.2) is 47.3 Å². The normalized spacial score (nSPS) is 15.0. The molecule has 0 unspecified atom stereocenters. The van der Waals surface area contributed by atoms with E-state index in [4.69, 9.17) is 11.6 Å². The number of piperidine rings is 1. The van der Waals surface area contributed by atoms with E-state index in [1.165, 1.54) is 0 Å². The fourth-order valence-corrected chi connectivity index (χ4v) is 3.88. The molecule has 2 aromatic carbocycles. The SMILES string of the molecule is CN(C)c1nc(=O)n(-c2cccc(NC3CCNCC3)c2)c2cc(Cl)ccc12. The van der Waals surface area contributed by atoms with E-state index in [0.717, 1.165) is 48.2 Å². The number of hydrogen-bond donors (Lipinski definition) is 2. The van der Waals surface area contributed by atoms with Gasteiger partial charge in [0.05, 0.1) is 11.2 Å². The van der Waals surface area contributed by atoms with Crippen molar-refractivity contribution < 1.29 is 0 Å². The van der Waals surface area contributed by atoms with Crippen LogP contribution in [0.1, 0.15) is 12.8 Å². The zero-order chi connectivity index (χ0) is 19.7. The van der Waals surface area contributed by atoms with Crippen molar-refractivity contribution in [2.45, 2.75) is 18.9 Å². The molecule has 4 rings (SSSR count). The van der Waals surface area contributed by atoms with Crippen LogP contribution >= 0.6 is 11.6 Å². The fraction of sp³-hybridized carbons (Fsp3) is 0.333. The van der Waals surface area contributed by atoms with E-state index >= 15 is 0 Å². The number of benzene rings is 2. The molecule has 1 aliphatic heterocycles. The molecule has 28 heavy (non-hydrogen) atoms. The molecule has 7 heteroatoms. The Balaban J connectivity index is 1.82. The van der Waals surface area contributed by atoms with Gasteiger partial charge in [-0.2, -0.15) is 4.98 Å². The summed E-state index contributed by atoms with van der Waals surface area (Å²) in [7, 11) is 3.76. The van der Waals surface area contributed by atoms with Crippen LogP contribution in [0.25, 0.3) is 16.6 Å². The number of aromatic nitrogens is 2. The lowest BCUT2D eigenvalue weighted by molar-refractivity contribution is 0.479. The van der Waals surface area contributed by atoms with Gasteiger partial charge in [0.25, 0.3) is 0 Å². The Labute approximate surface area is 169 Å². The number of anilines is 2. The zero-order valence-corrected chi connectivity index (χ0v) is 16.8. The smallest absolute Gasteiger partial charge is 0.354 e. The molecule has 0 spiro atoms. The zero-order valence-electron chi connectivity index (χ0n) is 16.1. The maximum atomic E-state index is 12.9. The highest BCUT2D eigenvalue weighted by atomic mass is 35.5. The van der Waals surface area contributed by atoms with Gasteiger partial charge in [-0.05, 0) is 62.3 Å². The minimum Gasteiger partial charge on any atom is -0.382 e. The van der Waals surface area contributed by atoms with Crippen molar-refractivity contribution >= 4 is 34.0 Å². The van der Waals surface area contributed by atoms with Crippen LogP contribution in [-0.2, 0) is 0 Å². The molecule has 1 saturated heterocycles. The molecule has 2 heterocycles. The lowest BCUT2D eigenvalue weighted by atomic mass is 10.1. The minimum atomic E-state index is -0.322. The maximum Gasteiger partial charge on any atom is 0.354 e. The average Bonchev–Trinajstić information content (AvgIpc) is 2.68. The number of halogens is 1. The van der Waals surface area contributed by atoms with Gasteiger partial charge in [-0.3, -0.25) is 4.57 Å². The first-order valence-corrected chi connectivity index (χ1v) is 9.88. The van der Waals surface area contributed by atoms with Gasteiger partial charge in [-0.25, -0.2) is 4.79 Å². The standard InChI is InChI=1S/C21H24ClN5O/c1-26(2)20-18-7-6-14(22)12-19(18)27(21(28)25-20)17-5-3-4-16(13-17)24-15-8-10-23-11-9-15/h3-7,12-13,15,23-24H,8-11H2,1-2H3. The van der Waals surface area contributed by atoms with Crippen molar-refractivity contribution in [1.29, 1.82) is 0 Å². The molecule has 0 radical (unpaired) electrons. The number of nitrogens with zero attached hydrogens (tertiary/aromatic N) is 3.